The quantitative estimate of drug-likeness (QED) is 0.583. The number of carbonyl (C=O) groups is 2. The van der Waals surface area contributed by atoms with Crippen LogP contribution in [0.3, 0.4) is 0 Å². The van der Waals surface area contributed by atoms with Crippen LogP contribution in [0.2, 0.25) is 0 Å². The zero-order chi connectivity index (χ0) is 21.7. The number of hydrogen-bond acceptors (Lipinski definition) is 5. The van der Waals surface area contributed by atoms with E-state index in [2.05, 4.69) is 5.32 Å². The summed E-state index contributed by atoms with van der Waals surface area (Å²) in [5.41, 5.74) is 3.02. The van der Waals surface area contributed by atoms with Gasteiger partial charge in [-0.3, -0.25) is 24.6 Å². The minimum Gasteiger partial charge on any atom is -0.340 e. The molecule has 0 aliphatic carbocycles. The van der Waals surface area contributed by atoms with Crippen LogP contribution >= 0.6 is 0 Å². The molecule has 0 spiro atoms. The van der Waals surface area contributed by atoms with E-state index in [1.165, 1.54) is 11.6 Å². The largest absolute Gasteiger partial charge is 0.340 e. The topological polar surface area (TPSA) is 95.8 Å². The summed E-state index contributed by atoms with van der Waals surface area (Å²) in [4.78, 5) is 39.3. The van der Waals surface area contributed by atoms with Crippen LogP contribution in [0.4, 0.5) is 11.4 Å². The molecule has 1 heterocycles. The van der Waals surface area contributed by atoms with Gasteiger partial charge in [-0.25, -0.2) is 0 Å². The average Bonchev–Trinajstić information content (AvgIpc) is 2.71. The number of nitrogens with zero attached hydrogens (tertiary/aromatic N) is 3. The summed E-state index contributed by atoms with van der Waals surface area (Å²) in [5, 5.41) is 13.8. The number of aryl methyl sites for hydroxylation is 1. The Morgan fingerprint density at radius 2 is 1.70 bits per heavy atom. The SMILES string of the molecule is Cc1ccc(CC(=O)N2CCN(CC(=O)Nc3cccc([N+](=O)[O-])c3C)CC2)cc1. The first-order valence-electron chi connectivity index (χ1n) is 9.93. The van der Waals surface area contributed by atoms with E-state index in [-0.39, 0.29) is 24.0 Å². The van der Waals surface area contributed by atoms with Crippen LogP contribution in [0.25, 0.3) is 0 Å². The van der Waals surface area contributed by atoms with E-state index >= 15 is 0 Å². The van der Waals surface area contributed by atoms with Gasteiger partial charge in [-0.2, -0.15) is 0 Å². The van der Waals surface area contributed by atoms with E-state index in [1.807, 2.05) is 41.0 Å². The van der Waals surface area contributed by atoms with Crippen molar-refractivity contribution in [2.45, 2.75) is 20.3 Å². The maximum absolute atomic E-state index is 12.5. The summed E-state index contributed by atoms with van der Waals surface area (Å²) in [5.74, 6) is -0.131. The molecule has 0 radical (unpaired) electrons. The van der Waals surface area contributed by atoms with Gasteiger partial charge in [-0.05, 0) is 25.5 Å². The minimum atomic E-state index is -0.460. The first-order chi connectivity index (χ1) is 14.3. The Labute approximate surface area is 175 Å². The lowest BCUT2D eigenvalue weighted by molar-refractivity contribution is -0.385. The van der Waals surface area contributed by atoms with Crippen molar-refractivity contribution < 1.29 is 14.5 Å². The number of benzene rings is 2. The maximum atomic E-state index is 12.5. The molecule has 1 aliphatic rings. The highest BCUT2D eigenvalue weighted by molar-refractivity contribution is 5.93. The molecule has 0 unspecified atom stereocenters. The van der Waals surface area contributed by atoms with Gasteiger partial charge in [0.05, 0.1) is 29.1 Å². The molecule has 0 atom stereocenters. The van der Waals surface area contributed by atoms with Crippen LogP contribution in [-0.4, -0.2) is 59.3 Å². The Hall–Kier alpha value is -3.26. The van der Waals surface area contributed by atoms with Crippen molar-refractivity contribution in [1.82, 2.24) is 9.80 Å². The predicted octanol–water partition coefficient (Wildman–Crippen LogP) is 2.54. The van der Waals surface area contributed by atoms with Crippen molar-refractivity contribution in [2.24, 2.45) is 0 Å². The Balaban J connectivity index is 1.48. The molecule has 2 amide bonds. The number of nitro groups is 1. The van der Waals surface area contributed by atoms with Crippen LogP contribution in [0.5, 0.6) is 0 Å². The number of rotatable bonds is 6. The van der Waals surface area contributed by atoms with Crippen LogP contribution in [-0.2, 0) is 16.0 Å². The zero-order valence-corrected chi connectivity index (χ0v) is 17.3. The second-order valence-electron chi connectivity index (χ2n) is 7.57. The van der Waals surface area contributed by atoms with Gasteiger partial charge in [0, 0.05) is 32.2 Å². The molecule has 1 N–H and O–H groups in total. The molecule has 8 heteroatoms. The van der Waals surface area contributed by atoms with Gasteiger partial charge in [0.25, 0.3) is 5.69 Å². The monoisotopic (exact) mass is 410 g/mol. The van der Waals surface area contributed by atoms with Crippen LogP contribution in [0, 0.1) is 24.0 Å². The molecular formula is C22H26N4O4. The van der Waals surface area contributed by atoms with Crippen molar-refractivity contribution in [3.8, 4) is 0 Å². The molecule has 0 aromatic heterocycles. The number of amides is 2. The molecule has 158 valence electrons. The van der Waals surface area contributed by atoms with E-state index in [4.69, 9.17) is 0 Å². The van der Waals surface area contributed by atoms with E-state index in [0.717, 1.165) is 5.56 Å². The first kappa shape index (κ1) is 21.4. The highest BCUT2D eigenvalue weighted by atomic mass is 16.6. The van der Waals surface area contributed by atoms with Crippen molar-refractivity contribution in [3.63, 3.8) is 0 Å². The molecule has 1 aliphatic heterocycles. The number of carbonyl (C=O) groups excluding carboxylic acids is 2. The van der Waals surface area contributed by atoms with Gasteiger partial charge >= 0.3 is 0 Å². The molecule has 8 nitrogen and oxygen atoms in total. The fourth-order valence-corrected chi connectivity index (χ4v) is 3.50. The third kappa shape index (κ3) is 5.42. The molecule has 0 saturated carbocycles. The highest BCUT2D eigenvalue weighted by Gasteiger charge is 2.23. The van der Waals surface area contributed by atoms with E-state index in [9.17, 15) is 19.7 Å². The molecule has 2 aromatic rings. The van der Waals surface area contributed by atoms with Crippen molar-refractivity contribution >= 4 is 23.2 Å². The molecule has 30 heavy (non-hydrogen) atoms. The summed E-state index contributed by atoms with van der Waals surface area (Å²) in [7, 11) is 0. The van der Waals surface area contributed by atoms with Gasteiger partial charge in [-0.1, -0.05) is 35.9 Å². The molecule has 1 saturated heterocycles. The Morgan fingerprint density at radius 1 is 1.03 bits per heavy atom. The average molecular weight is 410 g/mol. The smallest absolute Gasteiger partial charge is 0.274 e. The molecule has 2 aromatic carbocycles. The number of anilines is 1. The molecule has 0 bridgehead atoms. The second-order valence-corrected chi connectivity index (χ2v) is 7.57. The van der Waals surface area contributed by atoms with Crippen molar-refractivity contribution in [2.75, 3.05) is 38.0 Å². The predicted molar refractivity (Wildman–Crippen MR) is 114 cm³/mol. The van der Waals surface area contributed by atoms with E-state index in [1.54, 1.807) is 19.1 Å². The zero-order valence-electron chi connectivity index (χ0n) is 17.3. The lowest BCUT2D eigenvalue weighted by Crippen LogP contribution is -2.50. The maximum Gasteiger partial charge on any atom is 0.274 e. The van der Waals surface area contributed by atoms with Crippen LogP contribution in [0.15, 0.2) is 42.5 Å². The Morgan fingerprint density at radius 3 is 2.33 bits per heavy atom. The van der Waals surface area contributed by atoms with Crippen LogP contribution < -0.4 is 5.32 Å². The third-order valence-electron chi connectivity index (χ3n) is 5.34. The lowest BCUT2D eigenvalue weighted by Gasteiger charge is -2.34. The third-order valence-corrected chi connectivity index (χ3v) is 5.34. The number of nitro benzene ring substituents is 1. The first-order valence-corrected chi connectivity index (χ1v) is 9.93. The van der Waals surface area contributed by atoms with Crippen LogP contribution in [0.1, 0.15) is 16.7 Å². The highest BCUT2D eigenvalue weighted by Crippen LogP contribution is 2.25. The van der Waals surface area contributed by atoms with E-state index in [0.29, 0.717) is 43.9 Å². The standard InChI is InChI=1S/C22H26N4O4/c1-16-6-8-18(9-7-16)14-22(28)25-12-10-24(11-13-25)15-21(27)23-19-4-3-5-20(17(19)2)26(29)30/h3-9H,10-15H2,1-2H3,(H,23,27). The number of hydrogen-bond donors (Lipinski definition) is 1. The Kier molecular flexibility index (Phi) is 6.79. The van der Waals surface area contributed by atoms with Gasteiger partial charge < -0.3 is 10.2 Å². The summed E-state index contributed by atoms with van der Waals surface area (Å²) in [6, 6.07) is 12.6. The van der Waals surface area contributed by atoms with Gasteiger partial charge in [0.2, 0.25) is 11.8 Å². The fraction of sp³-hybridized carbons (Fsp3) is 0.364. The number of nitrogens with one attached hydrogen (secondary N) is 1. The van der Waals surface area contributed by atoms with Gasteiger partial charge in [0.1, 0.15) is 0 Å². The Bertz CT molecular complexity index is 935. The minimum absolute atomic E-state index is 0.0199. The van der Waals surface area contributed by atoms with Gasteiger partial charge in [0.15, 0.2) is 0 Å². The summed E-state index contributed by atoms with van der Waals surface area (Å²) in [6.45, 7) is 6.19. The second kappa shape index (κ2) is 9.49. The summed E-state index contributed by atoms with van der Waals surface area (Å²) >= 11 is 0. The van der Waals surface area contributed by atoms with E-state index < -0.39 is 4.92 Å². The van der Waals surface area contributed by atoms with Crippen molar-refractivity contribution in [1.29, 1.82) is 0 Å². The normalized spacial score (nSPS) is 14.4. The molecule has 3 rings (SSSR count). The lowest BCUT2D eigenvalue weighted by atomic mass is 10.1. The van der Waals surface area contributed by atoms with Gasteiger partial charge in [-0.15, -0.1) is 0 Å². The molecule has 1 fully saturated rings. The fourth-order valence-electron chi connectivity index (χ4n) is 3.50. The number of piperazine rings is 1. The molecular weight excluding hydrogens is 384 g/mol. The van der Waals surface area contributed by atoms with Crippen molar-refractivity contribution in [3.05, 3.63) is 69.3 Å². The summed E-state index contributed by atoms with van der Waals surface area (Å²) in [6.07, 6.45) is 0.382. The summed E-state index contributed by atoms with van der Waals surface area (Å²) < 4.78 is 0.